The van der Waals surface area contributed by atoms with E-state index in [1.807, 2.05) is 31.2 Å². The van der Waals surface area contributed by atoms with Gasteiger partial charge in [-0.1, -0.05) is 12.1 Å². The number of rotatable bonds is 5. The number of carbonyl (C=O) groups is 1. The van der Waals surface area contributed by atoms with Crippen LogP contribution in [0, 0.1) is 0 Å². The quantitative estimate of drug-likeness (QED) is 0.816. The minimum Gasteiger partial charge on any atom is -0.495 e. The van der Waals surface area contributed by atoms with Crippen molar-refractivity contribution in [1.29, 1.82) is 0 Å². The first-order chi connectivity index (χ1) is 8.20. The first kappa shape index (κ1) is 11.8. The topological polar surface area (TPSA) is 50.4 Å². The summed E-state index contributed by atoms with van der Waals surface area (Å²) in [5, 5.41) is 6.13. The molecular formula is C13H18N2O2. The molecule has 0 bridgehead atoms. The lowest BCUT2D eigenvalue weighted by Gasteiger charge is -2.17. The van der Waals surface area contributed by atoms with Crippen LogP contribution >= 0.6 is 0 Å². The van der Waals surface area contributed by atoms with Crippen LogP contribution in [0.1, 0.15) is 19.8 Å². The highest BCUT2D eigenvalue weighted by Crippen LogP contribution is 2.24. The molecule has 1 fully saturated rings. The van der Waals surface area contributed by atoms with Gasteiger partial charge in [0.25, 0.3) is 0 Å². The van der Waals surface area contributed by atoms with Gasteiger partial charge in [-0.15, -0.1) is 0 Å². The molecule has 0 saturated heterocycles. The zero-order valence-corrected chi connectivity index (χ0v) is 10.2. The number of amides is 1. The van der Waals surface area contributed by atoms with E-state index < -0.39 is 0 Å². The standard InChI is InChI=1S/C13H18N2O2/c1-9(13(16)15-10-7-8-10)14-11-5-3-4-6-12(11)17-2/h3-6,9-10,14H,7-8H2,1-2H3,(H,15,16)/t9-/m1/s1. The van der Waals surface area contributed by atoms with Gasteiger partial charge in [-0.25, -0.2) is 0 Å². The molecule has 0 aliphatic heterocycles. The molecular weight excluding hydrogens is 216 g/mol. The summed E-state index contributed by atoms with van der Waals surface area (Å²) >= 11 is 0. The number of para-hydroxylation sites is 2. The molecule has 2 N–H and O–H groups in total. The van der Waals surface area contributed by atoms with E-state index in [4.69, 9.17) is 4.74 Å². The molecule has 1 saturated carbocycles. The largest absolute Gasteiger partial charge is 0.495 e. The molecule has 0 heterocycles. The Kier molecular flexibility index (Phi) is 3.52. The van der Waals surface area contributed by atoms with Gasteiger partial charge in [-0.3, -0.25) is 4.79 Å². The maximum Gasteiger partial charge on any atom is 0.242 e. The summed E-state index contributed by atoms with van der Waals surface area (Å²) in [5.41, 5.74) is 0.841. The molecule has 1 aliphatic rings. The first-order valence-corrected chi connectivity index (χ1v) is 5.90. The van der Waals surface area contributed by atoms with E-state index >= 15 is 0 Å². The Morgan fingerprint density at radius 2 is 2.12 bits per heavy atom. The van der Waals surface area contributed by atoms with Gasteiger partial charge >= 0.3 is 0 Å². The Morgan fingerprint density at radius 3 is 2.76 bits per heavy atom. The second-order valence-electron chi connectivity index (χ2n) is 4.35. The van der Waals surface area contributed by atoms with Gasteiger partial charge in [0.15, 0.2) is 0 Å². The SMILES string of the molecule is COc1ccccc1N[C@H](C)C(=O)NC1CC1. The summed E-state index contributed by atoms with van der Waals surface area (Å²) in [6.45, 7) is 1.85. The van der Waals surface area contributed by atoms with Gasteiger partial charge in [0.2, 0.25) is 5.91 Å². The zero-order valence-electron chi connectivity index (χ0n) is 10.2. The minimum atomic E-state index is -0.258. The minimum absolute atomic E-state index is 0.0402. The van der Waals surface area contributed by atoms with Crippen molar-refractivity contribution in [2.24, 2.45) is 0 Å². The zero-order chi connectivity index (χ0) is 12.3. The fourth-order valence-corrected chi connectivity index (χ4v) is 1.62. The van der Waals surface area contributed by atoms with Gasteiger partial charge in [-0.05, 0) is 31.9 Å². The van der Waals surface area contributed by atoms with E-state index in [0.717, 1.165) is 24.3 Å². The van der Waals surface area contributed by atoms with Crippen molar-refractivity contribution in [3.63, 3.8) is 0 Å². The predicted molar refractivity (Wildman–Crippen MR) is 67.2 cm³/mol. The Hall–Kier alpha value is -1.71. The Labute approximate surface area is 101 Å². The molecule has 4 heteroatoms. The molecule has 0 spiro atoms. The molecule has 1 aliphatic carbocycles. The van der Waals surface area contributed by atoms with Gasteiger partial charge in [0.05, 0.1) is 12.8 Å². The van der Waals surface area contributed by atoms with Gasteiger partial charge in [0, 0.05) is 6.04 Å². The lowest BCUT2D eigenvalue weighted by Crippen LogP contribution is -2.38. The predicted octanol–water partition coefficient (Wildman–Crippen LogP) is 1.77. The van der Waals surface area contributed by atoms with Crippen LogP contribution in [-0.2, 0) is 4.79 Å². The van der Waals surface area contributed by atoms with E-state index in [1.165, 1.54) is 0 Å². The second kappa shape index (κ2) is 5.08. The highest BCUT2D eigenvalue weighted by molar-refractivity contribution is 5.85. The number of methoxy groups -OCH3 is 1. The van der Waals surface area contributed by atoms with E-state index in [-0.39, 0.29) is 11.9 Å². The number of nitrogens with one attached hydrogen (secondary N) is 2. The Morgan fingerprint density at radius 1 is 1.41 bits per heavy atom. The molecule has 4 nitrogen and oxygen atoms in total. The summed E-state index contributed by atoms with van der Waals surface area (Å²) in [6.07, 6.45) is 2.21. The molecule has 17 heavy (non-hydrogen) atoms. The van der Waals surface area contributed by atoms with Crippen molar-refractivity contribution in [2.45, 2.75) is 31.8 Å². The van der Waals surface area contributed by atoms with Crippen molar-refractivity contribution < 1.29 is 9.53 Å². The van der Waals surface area contributed by atoms with E-state index in [1.54, 1.807) is 7.11 Å². The fraction of sp³-hybridized carbons (Fsp3) is 0.462. The van der Waals surface area contributed by atoms with Crippen molar-refractivity contribution in [3.8, 4) is 5.75 Å². The number of carbonyl (C=O) groups excluding carboxylic acids is 1. The van der Waals surface area contributed by atoms with Gasteiger partial charge in [0.1, 0.15) is 11.8 Å². The van der Waals surface area contributed by atoms with E-state index in [9.17, 15) is 4.79 Å². The molecule has 1 atom stereocenters. The fourth-order valence-electron chi connectivity index (χ4n) is 1.62. The lowest BCUT2D eigenvalue weighted by atomic mass is 10.2. The molecule has 1 aromatic carbocycles. The average molecular weight is 234 g/mol. The molecule has 2 rings (SSSR count). The Balaban J connectivity index is 1.96. The van der Waals surface area contributed by atoms with Crippen molar-refractivity contribution in [2.75, 3.05) is 12.4 Å². The summed E-state index contributed by atoms with van der Waals surface area (Å²) in [4.78, 5) is 11.8. The molecule has 0 aromatic heterocycles. The summed E-state index contributed by atoms with van der Waals surface area (Å²) in [5.74, 6) is 0.789. The average Bonchev–Trinajstić information content (AvgIpc) is 3.13. The monoisotopic (exact) mass is 234 g/mol. The third kappa shape index (κ3) is 3.12. The van der Waals surface area contributed by atoms with Crippen LogP contribution in [0.4, 0.5) is 5.69 Å². The highest BCUT2D eigenvalue weighted by atomic mass is 16.5. The van der Waals surface area contributed by atoms with Crippen LogP contribution < -0.4 is 15.4 Å². The maximum atomic E-state index is 11.8. The summed E-state index contributed by atoms with van der Waals surface area (Å²) in [7, 11) is 1.62. The number of hydrogen-bond acceptors (Lipinski definition) is 3. The highest BCUT2D eigenvalue weighted by Gasteiger charge is 2.25. The van der Waals surface area contributed by atoms with Crippen molar-refractivity contribution in [1.82, 2.24) is 5.32 Å². The van der Waals surface area contributed by atoms with Gasteiger partial charge in [-0.2, -0.15) is 0 Å². The molecule has 1 amide bonds. The lowest BCUT2D eigenvalue weighted by molar-refractivity contribution is -0.121. The van der Waals surface area contributed by atoms with Gasteiger partial charge < -0.3 is 15.4 Å². The first-order valence-electron chi connectivity index (χ1n) is 5.90. The number of ether oxygens (including phenoxy) is 1. The molecule has 92 valence electrons. The number of anilines is 1. The van der Waals surface area contributed by atoms with Crippen molar-refractivity contribution in [3.05, 3.63) is 24.3 Å². The van der Waals surface area contributed by atoms with Crippen LogP contribution in [0.15, 0.2) is 24.3 Å². The molecule has 1 aromatic rings. The van der Waals surface area contributed by atoms with Crippen LogP contribution in [-0.4, -0.2) is 25.1 Å². The van der Waals surface area contributed by atoms with E-state index in [0.29, 0.717) is 6.04 Å². The van der Waals surface area contributed by atoms with Crippen LogP contribution in [0.3, 0.4) is 0 Å². The van der Waals surface area contributed by atoms with Crippen LogP contribution in [0.25, 0.3) is 0 Å². The van der Waals surface area contributed by atoms with Crippen LogP contribution in [0.5, 0.6) is 5.75 Å². The number of hydrogen-bond donors (Lipinski definition) is 2. The molecule has 0 radical (unpaired) electrons. The van der Waals surface area contributed by atoms with Crippen LogP contribution in [0.2, 0.25) is 0 Å². The second-order valence-corrected chi connectivity index (χ2v) is 4.35. The molecule has 0 unspecified atom stereocenters. The third-order valence-electron chi connectivity index (χ3n) is 2.80. The summed E-state index contributed by atoms with van der Waals surface area (Å²) in [6, 6.07) is 7.72. The summed E-state index contributed by atoms with van der Waals surface area (Å²) < 4.78 is 5.23. The smallest absolute Gasteiger partial charge is 0.242 e. The Bertz CT molecular complexity index is 402. The third-order valence-corrected chi connectivity index (χ3v) is 2.80. The normalized spacial score (nSPS) is 16.1. The maximum absolute atomic E-state index is 11.8. The number of benzene rings is 1. The van der Waals surface area contributed by atoms with E-state index in [2.05, 4.69) is 10.6 Å². The van der Waals surface area contributed by atoms with Crippen molar-refractivity contribution >= 4 is 11.6 Å².